The maximum Gasteiger partial charge on any atom is 0.0901 e. The van der Waals surface area contributed by atoms with Crippen LogP contribution in [0.1, 0.15) is 37.9 Å². The van der Waals surface area contributed by atoms with Gasteiger partial charge in [0.15, 0.2) is 0 Å². The fourth-order valence-electron chi connectivity index (χ4n) is 1.34. The summed E-state index contributed by atoms with van der Waals surface area (Å²) in [5.74, 6) is 0. The molecule has 0 aliphatic rings. The molecule has 84 valence electrons. The summed E-state index contributed by atoms with van der Waals surface area (Å²) in [6, 6.07) is 0. The monoisotopic (exact) mass is 225 g/mol. The van der Waals surface area contributed by atoms with E-state index in [1.165, 1.54) is 5.57 Å². The van der Waals surface area contributed by atoms with Crippen molar-refractivity contribution in [1.82, 2.24) is 4.98 Å². The molecule has 3 heteroatoms. The highest BCUT2D eigenvalue weighted by molar-refractivity contribution is 7.09. The van der Waals surface area contributed by atoms with E-state index < -0.39 is 0 Å². The Kier molecular flexibility index (Phi) is 4.05. The highest BCUT2D eigenvalue weighted by Crippen LogP contribution is 2.31. The summed E-state index contributed by atoms with van der Waals surface area (Å²) in [6.45, 7) is 8.64. The molecular formula is C12H19NOS. The van der Waals surface area contributed by atoms with Gasteiger partial charge in [-0.1, -0.05) is 19.4 Å². The maximum absolute atomic E-state index is 8.98. The van der Waals surface area contributed by atoms with E-state index in [-0.39, 0.29) is 12.0 Å². The van der Waals surface area contributed by atoms with E-state index in [1.54, 1.807) is 11.3 Å². The summed E-state index contributed by atoms with van der Waals surface area (Å²) >= 11 is 1.67. The van der Waals surface area contributed by atoms with E-state index in [2.05, 4.69) is 37.2 Å². The van der Waals surface area contributed by atoms with Crippen molar-refractivity contribution in [1.29, 1.82) is 0 Å². The molecule has 0 radical (unpaired) electrons. The molecule has 2 nitrogen and oxygen atoms in total. The molecule has 0 amide bonds. The minimum atomic E-state index is 0.0479. The van der Waals surface area contributed by atoms with Crippen molar-refractivity contribution in [2.24, 2.45) is 5.41 Å². The third kappa shape index (κ3) is 3.43. The lowest BCUT2D eigenvalue weighted by molar-refractivity contribution is 0.235. The van der Waals surface area contributed by atoms with Crippen LogP contribution in [0.4, 0.5) is 0 Å². The minimum absolute atomic E-state index is 0.0479. The number of rotatable bonds is 4. The number of allylic oxidation sites excluding steroid dienone is 1. The number of aryl methyl sites for hydroxylation is 1. The molecule has 0 fully saturated rings. The van der Waals surface area contributed by atoms with Crippen LogP contribution in [0.2, 0.25) is 0 Å². The van der Waals surface area contributed by atoms with Crippen LogP contribution in [-0.2, 0) is 0 Å². The van der Waals surface area contributed by atoms with Gasteiger partial charge < -0.3 is 5.11 Å². The van der Waals surface area contributed by atoms with Gasteiger partial charge >= 0.3 is 0 Å². The van der Waals surface area contributed by atoms with Crippen LogP contribution >= 0.6 is 11.3 Å². The van der Waals surface area contributed by atoms with Crippen molar-refractivity contribution in [3.8, 4) is 0 Å². The van der Waals surface area contributed by atoms with Crippen LogP contribution in [-0.4, -0.2) is 16.7 Å². The second kappa shape index (κ2) is 4.90. The first kappa shape index (κ1) is 12.4. The largest absolute Gasteiger partial charge is 0.396 e. The first-order valence-corrected chi connectivity index (χ1v) is 6.05. The lowest BCUT2D eigenvalue weighted by atomic mass is 9.82. The zero-order chi connectivity index (χ0) is 11.5. The van der Waals surface area contributed by atoms with Gasteiger partial charge in [-0.2, -0.15) is 0 Å². The number of nitrogens with zero attached hydrogens (tertiary/aromatic N) is 1. The lowest BCUT2D eigenvalue weighted by Gasteiger charge is -2.24. The van der Waals surface area contributed by atoms with Gasteiger partial charge in [0.05, 0.1) is 10.7 Å². The van der Waals surface area contributed by atoms with Gasteiger partial charge in [0.1, 0.15) is 0 Å². The minimum Gasteiger partial charge on any atom is -0.396 e. The SMILES string of the molecule is C/C(=C\c1csc(C)n1)C(C)(C)CCO. The fourth-order valence-corrected chi connectivity index (χ4v) is 1.91. The summed E-state index contributed by atoms with van der Waals surface area (Å²) < 4.78 is 0. The van der Waals surface area contributed by atoms with Crippen molar-refractivity contribution < 1.29 is 5.11 Å². The predicted molar refractivity (Wildman–Crippen MR) is 66.0 cm³/mol. The van der Waals surface area contributed by atoms with Gasteiger partial charge in [-0.05, 0) is 31.8 Å². The molecule has 0 spiro atoms. The van der Waals surface area contributed by atoms with Crippen molar-refractivity contribution in [2.45, 2.75) is 34.1 Å². The smallest absolute Gasteiger partial charge is 0.0901 e. The lowest BCUT2D eigenvalue weighted by Crippen LogP contribution is -2.14. The first-order valence-electron chi connectivity index (χ1n) is 5.17. The molecular weight excluding hydrogens is 206 g/mol. The summed E-state index contributed by atoms with van der Waals surface area (Å²) in [6.07, 6.45) is 2.90. The van der Waals surface area contributed by atoms with Gasteiger partial charge in [-0.3, -0.25) is 0 Å². The fraction of sp³-hybridized carbons (Fsp3) is 0.583. The Morgan fingerprint density at radius 2 is 2.27 bits per heavy atom. The van der Waals surface area contributed by atoms with E-state index >= 15 is 0 Å². The number of aliphatic hydroxyl groups excluding tert-OH is 1. The zero-order valence-electron chi connectivity index (χ0n) is 9.87. The van der Waals surface area contributed by atoms with E-state index in [4.69, 9.17) is 5.11 Å². The predicted octanol–water partition coefficient (Wildman–Crippen LogP) is 3.26. The number of aliphatic hydroxyl groups is 1. The second-order valence-corrected chi connectivity index (χ2v) is 5.54. The number of hydrogen-bond donors (Lipinski definition) is 1. The van der Waals surface area contributed by atoms with Gasteiger partial charge in [-0.15, -0.1) is 11.3 Å². The Morgan fingerprint density at radius 3 is 2.73 bits per heavy atom. The van der Waals surface area contributed by atoms with Crippen LogP contribution in [0.5, 0.6) is 0 Å². The maximum atomic E-state index is 8.98. The Morgan fingerprint density at radius 1 is 1.60 bits per heavy atom. The van der Waals surface area contributed by atoms with Gasteiger partial charge in [0.2, 0.25) is 0 Å². The molecule has 1 aromatic heterocycles. The van der Waals surface area contributed by atoms with Crippen LogP contribution in [0.15, 0.2) is 11.0 Å². The zero-order valence-corrected chi connectivity index (χ0v) is 10.7. The molecule has 0 aromatic carbocycles. The van der Waals surface area contributed by atoms with E-state index in [9.17, 15) is 0 Å². The van der Waals surface area contributed by atoms with Gasteiger partial charge in [-0.25, -0.2) is 4.98 Å². The van der Waals surface area contributed by atoms with Crippen LogP contribution in [0.25, 0.3) is 6.08 Å². The molecule has 0 aliphatic heterocycles. The third-order valence-corrected chi connectivity index (χ3v) is 3.60. The van der Waals surface area contributed by atoms with Crippen molar-refractivity contribution >= 4 is 17.4 Å². The van der Waals surface area contributed by atoms with Crippen LogP contribution in [0.3, 0.4) is 0 Å². The molecule has 0 saturated heterocycles. The highest BCUT2D eigenvalue weighted by Gasteiger charge is 2.19. The third-order valence-electron chi connectivity index (χ3n) is 2.81. The van der Waals surface area contributed by atoms with E-state index in [0.29, 0.717) is 0 Å². The first-order chi connectivity index (χ1) is 6.95. The molecule has 0 unspecified atom stereocenters. The van der Waals surface area contributed by atoms with Crippen molar-refractivity contribution in [3.63, 3.8) is 0 Å². The topological polar surface area (TPSA) is 33.1 Å². The average Bonchev–Trinajstić information content (AvgIpc) is 2.51. The van der Waals surface area contributed by atoms with Crippen LogP contribution in [0, 0.1) is 12.3 Å². The Hall–Kier alpha value is -0.670. The van der Waals surface area contributed by atoms with E-state index in [1.807, 2.05) is 6.92 Å². The standard InChI is InChI=1S/C12H19NOS/c1-9(12(3,4)5-6-14)7-11-8-15-10(2)13-11/h7-8,14H,5-6H2,1-4H3/b9-7+. The molecule has 1 aromatic rings. The van der Waals surface area contributed by atoms with Crippen molar-refractivity contribution in [2.75, 3.05) is 6.61 Å². The average molecular weight is 225 g/mol. The summed E-state index contributed by atoms with van der Waals surface area (Å²) in [7, 11) is 0. The second-order valence-electron chi connectivity index (χ2n) is 4.48. The van der Waals surface area contributed by atoms with E-state index in [0.717, 1.165) is 17.1 Å². The molecule has 15 heavy (non-hydrogen) atoms. The Balaban J connectivity index is 2.83. The van der Waals surface area contributed by atoms with Gasteiger partial charge in [0.25, 0.3) is 0 Å². The van der Waals surface area contributed by atoms with Gasteiger partial charge in [0, 0.05) is 12.0 Å². The number of thiazole rings is 1. The van der Waals surface area contributed by atoms with Crippen molar-refractivity contribution in [3.05, 3.63) is 21.7 Å². The molecule has 0 atom stereocenters. The summed E-state index contributed by atoms with van der Waals surface area (Å²) in [5.41, 5.74) is 2.34. The number of aromatic nitrogens is 1. The Labute approximate surface area is 95.7 Å². The summed E-state index contributed by atoms with van der Waals surface area (Å²) in [4.78, 5) is 4.40. The number of hydrogen-bond acceptors (Lipinski definition) is 3. The highest BCUT2D eigenvalue weighted by atomic mass is 32.1. The quantitative estimate of drug-likeness (QED) is 0.853. The Bertz CT molecular complexity index is 352. The molecule has 1 heterocycles. The molecule has 0 aliphatic carbocycles. The van der Waals surface area contributed by atoms with Crippen LogP contribution < -0.4 is 0 Å². The normalized spacial score (nSPS) is 13.3. The molecule has 0 saturated carbocycles. The molecule has 1 N–H and O–H groups in total. The molecule has 0 bridgehead atoms. The molecule has 1 rings (SSSR count). The summed E-state index contributed by atoms with van der Waals surface area (Å²) in [5, 5.41) is 12.1.